The van der Waals surface area contributed by atoms with Gasteiger partial charge in [0.2, 0.25) is 0 Å². The average Bonchev–Trinajstić information content (AvgIpc) is 2.98. The highest BCUT2D eigenvalue weighted by Crippen LogP contribution is 2.31. The van der Waals surface area contributed by atoms with Crippen LogP contribution >= 0.6 is 0 Å². The van der Waals surface area contributed by atoms with Gasteiger partial charge in [0, 0.05) is 18.2 Å². The Labute approximate surface area is 127 Å². The summed E-state index contributed by atoms with van der Waals surface area (Å²) in [5.74, 6) is 0.815. The molecule has 1 aliphatic heterocycles. The van der Waals surface area contributed by atoms with Crippen LogP contribution in [0.5, 0.6) is 11.5 Å². The number of benzene rings is 1. The third-order valence-corrected chi connectivity index (χ3v) is 3.78. The molecule has 3 rings (SSSR count). The molecule has 1 aromatic carbocycles. The molecule has 2 aromatic rings. The molecule has 1 aromatic heterocycles. The summed E-state index contributed by atoms with van der Waals surface area (Å²) in [7, 11) is 3.15. The number of nitrogens with zero attached hydrogens (tertiary/aromatic N) is 3. The van der Waals surface area contributed by atoms with Crippen LogP contribution in [0.4, 0.5) is 0 Å². The SMILES string of the molecule is COc1cc(OC)cc(-c2nc3n(n2)CCCC3C(=O)O)c1. The molecule has 1 aliphatic rings. The van der Waals surface area contributed by atoms with Gasteiger partial charge in [0.15, 0.2) is 5.82 Å². The maximum Gasteiger partial charge on any atom is 0.314 e. The lowest BCUT2D eigenvalue weighted by Gasteiger charge is -2.17. The number of carboxylic acids is 1. The fraction of sp³-hybridized carbons (Fsp3) is 0.400. The van der Waals surface area contributed by atoms with Gasteiger partial charge in [-0.2, -0.15) is 5.10 Å². The number of hydrogen-bond donors (Lipinski definition) is 1. The predicted molar refractivity (Wildman–Crippen MR) is 78.2 cm³/mol. The number of aryl methyl sites for hydroxylation is 1. The molecule has 1 unspecified atom stereocenters. The molecule has 0 spiro atoms. The highest BCUT2D eigenvalue weighted by atomic mass is 16.5. The second kappa shape index (κ2) is 5.67. The van der Waals surface area contributed by atoms with Gasteiger partial charge >= 0.3 is 5.97 Å². The molecule has 7 nitrogen and oxygen atoms in total. The van der Waals surface area contributed by atoms with Crippen molar-refractivity contribution in [3.8, 4) is 22.9 Å². The third kappa shape index (κ3) is 2.49. The van der Waals surface area contributed by atoms with Crippen molar-refractivity contribution >= 4 is 5.97 Å². The second-order valence-corrected chi connectivity index (χ2v) is 5.15. The van der Waals surface area contributed by atoms with E-state index in [4.69, 9.17) is 9.47 Å². The fourth-order valence-electron chi connectivity index (χ4n) is 2.64. The first-order valence-corrected chi connectivity index (χ1v) is 7.03. The maximum atomic E-state index is 11.3. The molecule has 1 atom stereocenters. The van der Waals surface area contributed by atoms with Gasteiger partial charge in [0.05, 0.1) is 14.2 Å². The summed E-state index contributed by atoms with van der Waals surface area (Å²) in [5, 5.41) is 13.7. The van der Waals surface area contributed by atoms with E-state index in [9.17, 15) is 9.90 Å². The van der Waals surface area contributed by atoms with Crippen LogP contribution in [-0.2, 0) is 11.3 Å². The van der Waals surface area contributed by atoms with Crippen molar-refractivity contribution < 1.29 is 19.4 Å². The largest absolute Gasteiger partial charge is 0.497 e. The Morgan fingerprint density at radius 1 is 1.27 bits per heavy atom. The van der Waals surface area contributed by atoms with Crippen molar-refractivity contribution in [2.75, 3.05) is 14.2 Å². The first-order valence-electron chi connectivity index (χ1n) is 7.03. The van der Waals surface area contributed by atoms with Gasteiger partial charge in [0.1, 0.15) is 23.2 Å². The molecule has 0 radical (unpaired) electrons. The highest BCUT2D eigenvalue weighted by molar-refractivity contribution is 5.75. The summed E-state index contributed by atoms with van der Waals surface area (Å²) >= 11 is 0. The van der Waals surface area contributed by atoms with Crippen LogP contribution in [0.3, 0.4) is 0 Å². The molecule has 116 valence electrons. The summed E-state index contributed by atoms with van der Waals surface area (Å²) in [6.45, 7) is 0.688. The summed E-state index contributed by atoms with van der Waals surface area (Å²) in [5.41, 5.74) is 0.738. The minimum atomic E-state index is -0.858. The maximum absolute atomic E-state index is 11.3. The summed E-state index contributed by atoms with van der Waals surface area (Å²) in [4.78, 5) is 15.8. The van der Waals surface area contributed by atoms with E-state index < -0.39 is 11.9 Å². The van der Waals surface area contributed by atoms with E-state index in [1.165, 1.54) is 0 Å². The first-order chi connectivity index (χ1) is 10.6. The van der Waals surface area contributed by atoms with E-state index in [-0.39, 0.29) is 0 Å². The van der Waals surface area contributed by atoms with Crippen molar-refractivity contribution in [2.45, 2.75) is 25.3 Å². The van der Waals surface area contributed by atoms with Crippen LogP contribution in [0.2, 0.25) is 0 Å². The molecular weight excluding hydrogens is 286 g/mol. The van der Waals surface area contributed by atoms with Crippen LogP contribution in [0.15, 0.2) is 18.2 Å². The molecule has 2 heterocycles. The number of carbonyl (C=O) groups is 1. The fourth-order valence-corrected chi connectivity index (χ4v) is 2.64. The minimum absolute atomic E-state index is 0.486. The number of rotatable bonds is 4. The zero-order valence-electron chi connectivity index (χ0n) is 12.4. The molecule has 0 aliphatic carbocycles. The van der Waals surface area contributed by atoms with E-state index in [1.807, 2.05) is 0 Å². The number of aliphatic carboxylic acids is 1. The quantitative estimate of drug-likeness (QED) is 0.928. The number of carboxylic acid groups (broad SMARTS) is 1. The topological polar surface area (TPSA) is 86.5 Å². The summed E-state index contributed by atoms with van der Waals surface area (Å²) in [6.07, 6.45) is 1.38. The smallest absolute Gasteiger partial charge is 0.314 e. The molecule has 7 heteroatoms. The molecular formula is C15H17N3O4. The molecule has 1 N–H and O–H groups in total. The van der Waals surface area contributed by atoms with Crippen molar-refractivity contribution in [1.29, 1.82) is 0 Å². The molecule has 22 heavy (non-hydrogen) atoms. The van der Waals surface area contributed by atoms with Crippen molar-refractivity contribution in [3.63, 3.8) is 0 Å². The second-order valence-electron chi connectivity index (χ2n) is 5.15. The van der Waals surface area contributed by atoms with Crippen LogP contribution in [-0.4, -0.2) is 40.1 Å². The standard InChI is InChI=1S/C15H17N3O4/c1-21-10-6-9(7-11(8-10)22-2)13-16-14-12(15(19)20)4-3-5-18(14)17-13/h6-8,12H,3-5H2,1-2H3,(H,19,20). The highest BCUT2D eigenvalue weighted by Gasteiger charge is 2.30. The van der Waals surface area contributed by atoms with Gasteiger partial charge in [-0.15, -0.1) is 0 Å². The zero-order chi connectivity index (χ0) is 15.7. The third-order valence-electron chi connectivity index (χ3n) is 3.78. The molecule has 0 bridgehead atoms. The molecule has 0 saturated carbocycles. The lowest BCUT2D eigenvalue weighted by atomic mass is 10.00. The summed E-state index contributed by atoms with van der Waals surface area (Å²) < 4.78 is 12.2. The zero-order valence-corrected chi connectivity index (χ0v) is 12.4. The van der Waals surface area contributed by atoms with Crippen molar-refractivity contribution in [2.24, 2.45) is 0 Å². The van der Waals surface area contributed by atoms with Crippen molar-refractivity contribution in [3.05, 3.63) is 24.0 Å². The van der Waals surface area contributed by atoms with Gasteiger partial charge in [-0.3, -0.25) is 4.79 Å². The number of fused-ring (bicyclic) bond motifs is 1. The van der Waals surface area contributed by atoms with E-state index >= 15 is 0 Å². The Kier molecular flexibility index (Phi) is 3.70. The number of ether oxygens (including phenoxy) is 2. The van der Waals surface area contributed by atoms with Gasteiger partial charge in [-0.1, -0.05) is 0 Å². The van der Waals surface area contributed by atoms with E-state index in [0.29, 0.717) is 36.1 Å². The van der Waals surface area contributed by atoms with Crippen LogP contribution in [0.25, 0.3) is 11.4 Å². The average molecular weight is 303 g/mol. The van der Waals surface area contributed by atoms with Gasteiger partial charge in [0.25, 0.3) is 0 Å². The Morgan fingerprint density at radius 3 is 2.55 bits per heavy atom. The first kappa shape index (κ1) is 14.4. The van der Waals surface area contributed by atoms with E-state index in [1.54, 1.807) is 37.1 Å². The lowest BCUT2D eigenvalue weighted by molar-refractivity contribution is -0.139. The lowest BCUT2D eigenvalue weighted by Crippen LogP contribution is -2.22. The predicted octanol–water partition coefficient (Wildman–Crippen LogP) is 1.92. The number of methoxy groups -OCH3 is 2. The van der Waals surface area contributed by atoms with Gasteiger partial charge in [-0.25, -0.2) is 9.67 Å². The molecule has 0 fully saturated rings. The Balaban J connectivity index is 2.05. The van der Waals surface area contributed by atoms with Crippen LogP contribution in [0.1, 0.15) is 24.6 Å². The Hall–Kier alpha value is -2.57. The van der Waals surface area contributed by atoms with Crippen molar-refractivity contribution in [1.82, 2.24) is 14.8 Å². The normalized spacial score (nSPS) is 16.9. The number of aromatic nitrogens is 3. The number of hydrogen-bond acceptors (Lipinski definition) is 5. The molecule has 0 saturated heterocycles. The van der Waals surface area contributed by atoms with Gasteiger partial charge < -0.3 is 14.6 Å². The van der Waals surface area contributed by atoms with E-state index in [2.05, 4.69) is 10.1 Å². The summed E-state index contributed by atoms with van der Waals surface area (Å²) in [6, 6.07) is 5.37. The minimum Gasteiger partial charge on any atom is -0.497 e. The molecule has 0 amide bonds. The monoisotopic (exact) mass is 303 g/mol. The Morgan fingerprint density at radius 2 is 1.95 bits per heavy atom. The van der Waals surface area contributed by atoms with Gasteiger partial charge in [-0.05, 0) is 25.0 Å². The van der Waals surface area contributed by atoms with Crippen LogP contribution in [0, 0.1) is 0 Å². The van der Waals surface area contributed by atoms with Crippen LogP contribution < -0.4 is 9.47 Å². The van der Waals surface area contributed by atoms with E-state index in [0.717, 1.165) is 12.0 Å². The Bertz CT molecular complexity index is 689.